The van der Waals surface area contributed by atoms with Crippen molar-refractivity contribution < 1.29 is 14.6 Å². The fraction of sp³-hybridized carbons (Fsp3) is 0.938. The van der Waals surface area contributed by atoms with E-state index in [0.29, 0.717) is 45.2 Å². The molecule has 2 fully saturated rings. The van der Waals surface area contributed by atoms with Crippen molar-refractivity contribution in [3.05, 3.63) is 0 Å². The fourth-order valence-electron chi connectivity index (χ4n) is 3.41. The topological polar surface area (TPSA) is 61.8 Å². The predicted octanol–water partition coefficient (Wildman–Crippen LogP) is 1.30. The van der Waals surface area contributed by atoms with Crippen LogP contribution in [0.5, 0.6) is 0 Å². The average Bonchev–Trinajstić information content (AvgIpc) is 2.67. The molecular weight excluding hydrogens is 268 g/mol. The maximum Gasteiger partial charge on any atom is 0.234 e. The smallest absolute Gasteiger partial charge is 0.234 e. The predicted molar refractivity (Wildman–Crippen MR) is 82.1 cm³/mol. The van der Waals surface area contributed by atoms with Gasteiger partial charge in [0.25, 0.3) is 0 Å². The van der Waals surface area contributed by atoms with Gasteiger partial charge in [-0.3, -0.25) is 9.69 Å². The van der Waals surface area contributed by atoms with Crippen molar-refractivity contribution in [2.24, 2.45) is 0 Å². The van der Waals surface area contributed by atoms with E-state index in [0.717, 1.165) is 12.8 Å². The van der Waals surface area contributed by atoms with E-state index < -0.39 is 5.60 Å². The van der Waals surface area contributed by atoms with Crippen molar-refractivity contribution >= 4 is 5.91 Å². The molecule has 5 nitrogen and oxygen atoms in total. The SMILES string of the molecule is CN(CC(=O)NC1CCCCCC1)CC1(O)CCOCC1. The zero-order valence-corrected chi connectivity index (χ0v) is 13.3. The van der Waals surface area contributed by atoms with Crippen molar-refractivity contribution in [2.75, 3.05) is 33.4 Å². The summed E-state index contributed by atoms with van der Waals surface area (Å²) in [5.41, 5.74) is -0.699. The first-order chi connectivity index (χ1) is 10.1. The highest BCUT2D eigenvalue weighted by Gasteiger charge is 2.31. The average molecular weight is 298 g/mol. The Morgan fingerprint density at radius 3 is 2.48 bits per heavy atom. The van der Waals surface area contributed by atoms with E-state index in [9.17, 15) is 9.90 Å². The molecule has 1 aliphatic heterocycles. The van der Waals surface area contributed by atoms with Gasteiger partial charge in [-0.25, -0.2) is 0 Å². The largest absolute Gasteiger partial charge is 0.388 e. The molecule has 0 aromatic carbocycles. The molecule has 122 valence electrons. The zero-order valence-electron chi connectivity index (χ0n) is 13.3. The highest BCUT2D eigenvalue weighted by molar-refractivity contribution is 5.78. The lowest BCUT2D eigenvalue weighted by atomic mass is 9.94. The third-order valence-electron chi connectivity index (χ3n) is 4.62. The molecule has 0 radical (unpaired) electrons. The molecule has 0 spiro atoms. The molecule has 0 bridgehead atoms. The molecule has 2 N–H and O–H groups in total. The molecule has 2 aliphatic rings. The van der Waals surface area contributed by atoms with E-state index in [1.807, 2.05) is 11.9 Å². The number of nitrogens with one attached hydrogen (secondary N) is 1. The van der Waals surface area contributed by atoms with E-state index >= 15 is 0 Å². The summed E-state index contributed by atoms with van der Waals surface area (Å²) < 4.78 is 5.28. The normalized spacial score (nSPS) is 23.8. The van der Waals surface area contributed by atoms with Gasteiger partial charge in [0, 0.05) is 38.6 Å². The van der Waals surface area contributed by atoms with Gasteiger partial charge in [0.2, 0.25) is 5.91 Å². The Morgan fingerprint density at radius 2 is 1.86 bits per heavy atom. The maximum absolute atomic E-state index is 12.1. The number of nitrogens with zero attached hydrogens (tertiary/aromatic N) is 1. The fourth-order valence-corrected chi connectivity index (χ4v) is 3.41. The van der Waals surface area contributed by atoms with Crippen molar-refractivity contribution in [1.29, 1.82) is 0 Å². The van der Waals surface area contributed by atoms with Crippen LogP contribution in [-0.4, -0.2) is 60.9 Å². The lowest BCUT2D eigenvalue weighted by molar-refractivity contribution is -0.124. The number of carbonyl (C=O) groups is 1. The van der Waals surface area contributed by atoms with E-state index in [4.69, 9.17) is 4.74 Å². The summed E-state index contributed by atoms with van der Waals surface area (Å²) in [6, 6.07) is 0.347. The van der Waals surface area contributed by atoms with Gasteiger partial charge < -0.3 is 15.2 Å². The van der Waals surface area contributed by atoms with Crippen LogP contribution in [0, 0.1) is 0 Å². The number of rotatable bonds is 5. The monoisotopic (exact) mass is 298 g/mol. The van der Waals surface area contributed by atoms with Crippen LogP contribution in [0.25, 0.3) is 0 Å². The molecule has 21 heavy (non-hydrogen) atoms. The number of amides is 1. The van der Waals surface area contributed by atoms with E-state index in [1.165, 1.54) is 25.7 Å². The van der Waals surface area contributed by atoms with Crippen LogP contribution in [0.4, 0.5) is 0 Å². The van der Waals surface area contributed by atoms with E-state index in [1.54, 1.807) is 0 Å². The lowest BCUT2D eigenvalue weighted by Gasteiger charge is -2.35. The minimum Gasteiger partial charge on any atom is -0.388 e. The summed E-state index contributed by atoms with van der Waals surface area (Å²) in [4.78, 5) is 14.0. The third kappa shape index (κ3) is 5.93. The summed E-state index contributed by atoms with van der Waals surface area (Å²) in [7, 11) is 1.90. The molecule has 1 aliphatic carbocycles. The Morgan fingerprint density at radius 1 is 1.24 bits per heavy atom. The summed E-state index contributed by atoms with van der Waals surface area (Å²) in [6.07, 6.45) is 8.56. The minimum absolute atomic E-state index is 0.0834. The van der Waals surface area contributed by atoms with Gasteiger partial charge in [-0.15, -0.1) is 0 Å². The lowest BCUT2D eigenvalue weighted by Crippen LogP contribution is -2.48. The number of likely N-dealkylation sites (N-methyl/N-ethyl adjacent to an activating group) is 1. The molecule has 5 heteroatoms. The standard InChI is InChI=1S/C16H30N2O3/c1-18(13-16(20)8-10-21-11-9-16)12-15(19)17-14-6-4-2-3-5-7-14/h14,20H,2-13H2,1H3,(H,17,19). The second-order valence-electron chi connectivity index (χ2n) is 6.77. The molecule has 0 aromatic heterocycles. The summed E-state index contributed by atoms with van der Waals surface area (Å²) in [5, 5.41) is 13.6. The van der Waals surface area contributed by atoms with E-state index in [2.05, 4.69) is 5.32 Å². The minimum atomic E-state index is -0.699. The van der Waals surface area contributed by atoms with Gasteiger partial charge in [0.15, 0.2) is 0 Å². The maximum atomic E-state index is 12.1. The van der Waals surface area contributed by atoms with Crippen LogP contribution >= 0.6 is 0 Å². The number of ether oxygens (including phenoxy) is 1. The van der Waals surface area contributed by atoms with Crippen molar-refractivity contribution in [2.45, 2.75) is 63.0 Å². The highest BCUT2D eigenvalue weighted by atomic mass is 16.5. The Balaban J connectivity index is 1.70. The summed E-state index contributed by atoms with van der Waals surface area (Å²) >= 11 is 0. The molecule has 0 aromatic rings. The van der Waals surface area contributed by atoms with Gasteiger partial charge in [-0.2, -0.15) is 0 Å². The quantitative estimate of drug-likeness (QED) is 0.751. The first-order valence-electron chi connectivity index (χ1n) is 8.35. The first kappa shape index (κ1) is 16.7. The zero-order chi connectivity index (χ0) is 15.1. The second kappa shape index (κ2) is 8.11. The van der Waals surface area contributed by atoms with Crippen LogP contribution in [0.3, 0.4) is 0 Å². The molecule has 1 saturated carbocycles. The molecule has 0 atom stereocenters. The van der Waals surface area contributed by atoms with Crippen LogP contribution in [-0.2, 0) is 9.53 Å². The van der Waals surface area contributed by atoms with Crippen molar-refractivity contribution in [1.82, 2.24) is 10.2 Å². The Kier molecular flexibility index (Phi) is 6.45. The first-order valence-corrected chi connectivity index (χ1v) is 8.35. The van der Waals surface area contributed by atoms with Crippen LogP contribution in [0.1, 0.15) is 51.4 Å². The molecule has 1 amide bonds. The highest BCUT2D eigenvalue weighted by Crippen LogP contribution is 2.21. The van der Waals surface area contributed by atoms with Crippen molar-refractivity contribution in [3.63, 3.8) is 0 Å². The Bertz CT molecular complexity index is 321. The van der Waals surface area contributed by atoms with Gasteiger partial charge in [-0.1, -0.05) is 25.7 Å². The summed E-state index contributed by atoms with van der Waals surface area (Å²) in [5.74, 6) is 0.0834. The number of carbonyl (C=O) groups excluding carboxylic acids is 1. The molecule has 2 rings (SSSR count). The van der Waals surface area contributed by atoms with Crippen LogP contribution in [0.15, 0.2) is 0 Å². The second-order valence-corrected chi connectivity index (χ2v) is 6.77. The number of hydrogen-bond donors (Lipinski definition) is 2. The van der Waals surface area contributed by atoms with Crippen LogP contribution < -0.4 is 5.32 Å². The molecular formula is C16H30N2O3. The Labute approximate surface area is 128 Å². The van der Waals surface area contributed by atoms with Gasteiger partial charge >= 0.3 is 0 Å². The Hall–Kier alpha value is -0.650. The third-order valence-corrected chi connectivity index (χ3v) is 4.62. The number of aliphatic hydroxyl groups is 1. The van der Waals surface area contributed by atoms with Gasteiger partial charge in [0.05, 0.1) is 12.1 Å². The van der Waals surface area contributed by atoms with E-state index in [-0.39, 0.29) is 5.91 Å². The molecule has 1 heterocycles. The van der Waals surface area contributed by atoms with Gasteiger partial charge in [-0.05, 0) is 19.9 Å². The van der Waals surface area contributed by atoms with Crippen LogP contribution in [0.2, 0.25) is 0 Å². The summed E-state index contributed by atoms with van der Waals surface area (Å²) in [6.45, 7) is 2.12. The molecule has 1 saturated heterocycles. The molecule has 0 unspecified atom stereocenters. The van der Waals surface area contributed by atoms with Crippen molar-refractivity contribution in [3.8, 4) is 0 Å². The van der Waals surface area contributed by atoms with Gasteiger partial charge in [0.1, 0.15) is 0 Å². The number of hydrogen-bond acceptors (Lipinski definition) is 4.